The van der Waals surface area contributed by atoms with Crippen LogP contribution >= 0.6 is 23.7 Å². The molecule has 2 aromatic rings. The van der Waals surface area contributed by atoms with E-state index < -0.39 is 0 Å². The number of amides is 1. The molecule has 0 N–H and O–H groups in total. The molecule has 3 heterocycles. The SMILES string of the molecule is COc1ccnc(N2CCN(C(=O)Cc3cccs3)CC2)n1.Cl. The van der Waals surface area contributed by atoms with Crippen molar-refractivity contribution in [1.29, 1.82) is 0 Å². The molecule has 0 saturated carbocycles. The van der Waals surface area contributed by atoms with Gasteiger partial charge in [-0.3, -0.25) is 4.79 Å². The smallest absolute Gasteiger partial charge is 0.228 e. The van der Waals surface area contributed by atoms with Gasteiger partial charge in [0, 0.05) is 43.3 Å². The lowest BCUT2D eigenvalue weighted by molar-refractivity contribution is -0.130. The Morgan fingerprint density at radius 3 is 2.74 bits per heavy atom. The number of thiophene rings is 1. The van der Waals surface area contributed by atoms with E-state index in [1.807, 2.05) is 22.4 Å². The zero-order valence-corrected chi connectivity index (χ0v) is 14.5. The van der Waals surface area contributed by atoms with Gasteiger partial charge >= 0.3 is 0 Å². The van der Waals surface area contributed by atoms with Crippen LogP contribution in [0.2, 0.25) is 0 Å². The number of piperazine rings is 1. The third-order valence-electron chi connectivity index (χ3n) is 3.65. The van der Waals surface area contributed by atoms with Gasteiger partial charge in [0.15, 0.2) is 0 Å². The zero-order chi connectivity index (χ0) is 15.4. The minimum atomic E-state index is 0. The standard InChI is InChI=1S/C15H18N4O2S.ClH/c1-21-13-4-5-16-15(17-13)19-8-6-18(7-9-19)14(20)11-12-3-2-10-22-12;/h2-5,10H,6-9,11H2,1H3;1H. The Balaban J connectivity index is 0.00000192. The monoisotopic (exact) mass is 354 g/mol. The molecule has 1 fully saturated rings. The molecule has 0 radical (unpaired) electrons. The highest BCUT2D eigenvalue weighted by Gasteiger charge is 2.23. The molecule has 23 heavy (non-hydrogen) atoms. The maximum Gasteiger partial charge on any atom is 0.228 e. The van der Waals surface area contributed by atoms with Gasteiger partial charge in [-0.1, -0.05) is 6.07 Å². The van der Waals surface area contributed by atoms with E-state index in [4.69, 9.17) is 4.74 Å². The molecule has 0 unspecified atom stereocenters. The Morgan fingerprint density at radius 2 is 2.09 bits per heavy atom. The number of aromatic nitrogens is 2. The van der Waals surface area contributed by atoms with Crippen LogP contribution in [0.25, 0.3) is 0 Å². The van der Waals surface area contributed by atoms with Crippen molar-refractivity contribution in [2.75, 3.05) is 38.2 Å². The third kappa shape index (κ3) is 4.33. The molecule has 1 amide bonds. The van der Waals surface area contributed by atoms with Crippen LogP contribution in [0.4, 0.5) is 5.95 Å². The molecule has 0 bridgehead atoms. The summed E-state index contributed by atoms with van der Waals surface area (Å²) >= 11 is 1.62. The van der Waals surface area contributed by atoms with E-state index in [2.05, 4.69) is 14.9 Å². The molecule has 0 aromatic carbocycles. The Kier molecular flexibility index (Phi) is 6.18. The number of carbonyl (C=O) groups is 1. The molecule has 6 nitrogen and oxygen atoms in total. The van der Waals surface area contributed by atoms with E-state index in [1.165, 1.54) is 0 Å². The van der Waals surface area contributed by atoms with E-state index in [9.17, 15) is 4.79 Å². The summed E-state index contributed by atoms with van der Waals surface area (Å²) in [5.41, 5.74) is 0. The average Bonchev–Trinajstić information content (AvgIpc) is 3.08. The van der Waals surface area contributed by atoms with Crippen LogP contribution in [-0.2, 0) is 11.2 Å². The predicted molar refractivity (Wildman–Crippen MR) is 92.6 cm³/mol. The first kappa shape index (κ1) is 17.5. The van der Waals surface area contributed by atoms with Gasteiger partial charge in [-0.05, 0) is 11.4 Å². The van der Waals surface area contributed by atoms with Crippen molar-refractivity contribution < 1.29 is 9.53 Å². The van der Waals surface area contributed by atoms with Gasteiger partial charge in [-0.15, -0.1) is 23.7 Å². The summed E-state index contributed by atoms with van der Waals surface area (Å²) in [6.45, 7) is 2.88. The number of rotatable bonds is 4. The van der Waals surface area contributed by atoms with E-state index in [0.29, 0.717) is 31.3 Å². The van der Waals surface area contributed by atoms with Gasteiger partial charge < -0.3 is 14.5 Å². The number of nitrogens with zero attached hydrogens (tertiary/aromatic N) is 4. The molecule has 8 heteroatoms. The van der Waals surface area contributed by atoms with Crippen molar-refractivity contribution in [2.24, 2.45) is 0 Å². The minimum absolute atomic E-state index is 0. The van der Waals surface area contributed by atoms with Crippen molar-refractivity contribution >= 4 is 35.6 Å². The number of halogens is 1. The summed E-state index contributed by atoms with van der Waals surface area (Å²) in [6.07, 6.45) is 2.18. The Labute approximate surface area is 145 Å². The number of methoxy groups -OCH3 is 1. The number of ether oxygens (including phenoxy) is 1. The highest BCUT2D eigenvalue weighted by Crippen LogP contribution is 2.16. The highest BCUT2D eigenvalue weighted by molar-refractivity contribution is 7.10. The Hall–Kier alpha value is -1.86. The van der Waals surface area contributed by atoms with Gasteiger partial charge in [-0.2, -0.15) is 4.98 Å². The minimum Gasteiger partial charge on any atom is -0.481 e. The molecule has 124 valence electrons. The van der Waals surface area contributed by atoms with E-state index in [1.54, 1.807) is 30.7 Å². The molecule has 0 aliphatic carbocycles. The second-order valence-corrected chi connectivity index (χ2v) is 6.06. The van der Waals surface area contributed by atoms with Crippen LogP contribution in [0.1, 0.15) is 4.88 Å². The third-order valence-corrected chi connectivity index (χ3v) is 4.52. The molecule has 2 aromatic heterocycles. The van der Waals surface area contributed by atoms with Crippen molar-refractivity contribution in [2.45, 2.75) is 6.42 Å². The van der Waals surface area contributed by atoms with Gasteiger partial charge in [0.2, 0.25) is 17.7 Å². The van der Waals surface area contributed by atoms with Crippen molar-refractivity contribution in [3.8, 4) is 5.88 Å². The van der Waals surface area contributed by atoms with Crippen LogP contribution in [0.3, 0.4) is 0 Å². The number of hydrogen-bond acceptors (Lipinski definition) is 6. The van der Waals surface area contributed by atoms with Crippen LogP contribution in [0, 0.1) is 0 Å². The van der Waals surface area contributed by atoms with Gasteiger partial charge in [0.25, 0.3) is 0 Å². The van der Waals surface area contributed by atoms with Crippen molar-refractivity contribution in [3.63, 3.8) is 0 Å². The fourth-order valence-electron chi connectivity index (χ4n) is 2.43. The molecule has 0 atom stereocenters. The molecule has 3 rings (SSSR count). The van der Waals surface area contributed by atoms with Gasteiger partial charge in [0.05, 0.1) is 13.5 Å². The highest BCUT2D eigenvalue weighted by atomic mass is 35.5. The van der Waals surface area contributed by atoms with Gasteiger partial charge in [0.1, 0.15) is 0 Å². The second-order valence-electron chi connectivity index (χ2n) is 5.02. The van der Waals surface area contributed by atoms with Gasteiger partial charge in [-0.25, -0.2) is 4.98 Å². The van der Waals surface area contributed by atoms with E-state index in [0.717, 1.165) is 18.0 Å². The predicted octanol–water partition coefficient (Wildman–Crippen LogP) is 1.86. The summed E-state index contributed by atoms with van der Waals surface area (Å²) in [5, 5.41) is 2.00. The fourth-order valence-corrected chi connectivity index (χ4v) is 3.12. The molecule has 1 aliphatic rings. The Morgan fingerprint density at radius 1 is 1.30 bits per heavy atom. The normalized spacial score (nSPS) is 14.3. The lowest BCUT2D eigenvalue weighted by atomic mass is 10.2. The molecule has 0 spiro atoms. The Bertz CT molecular complexity index is 630. The molecule has 1 aliphatic heterocycles. The quantitative estimate of drug-likeness (QED) is 0.838. The maximum atomic E-state index is 12.3. The van der Waals surface area contributed by atoms with Crippen LogP contribution in [0.15, 0.2) is 29.8 Å². The summed E-state index contributed by atoms with van der Waals surface area (Å²) in [4.78, 5) is 26.0. The fraction of sp³-hybridized carbons (Fsp3) is 0.400. The number of carbonyl (C=O) groups excluding carboxylic acids is 1. The number of hydrogen-bond donors (Lipinski definition) is 0. The summed E-state index contributed by atoms with van der Waals surface area (Å²) < 4.78 is 5.12. The summed E-state index contributed by atoms with van der Waals surface area (Å²) in [6, 6.07) is 5.71. The van der Waals surface area contributed by atoms with E-state index in [-0.39, 0.29) is 18.3 Å². The lowest BCUT2D eigenvalue weighted by Crippen LogP contribution is -2.49. The van der Waals surface area contributed by atoms with Crippen LogP contribution in [0.5, 0.6) is 5.88 Å². The first-order valence-corrected chi connectivity index (χ1v) is 8.06. The lowest BCUT2D eigenvalue weighted by Gasteiger charge is -2.34. The van der Waals surface area contributed by atoms with Crippen molar-refractivity contribution in [3.05, 3.63) is 34.7 Å². The van der Waals surface area contributed by atoms with Crippen molar-refractivity contribution in [1.82, 2.24) is 14.9 Å². The van der Waals surface area contributed by atoms with Crippen LogP contribution in [-0.4, -0.2) is 54.1 Å². The first-order valence-electron chi connectivity index (χ1n) is 7.18. The second kappa shape index (κ2) is 8.12. The molecule has 1 saturated heterocycles. The molecular formula is C15H19ClN4O2S. The largest absolute Gasteiger partial charge is 0.481 e. The maximum absolute atomic E-state index is 12.3. The average molecular weight is 355 g/mol. The summed E-state index contributed by atoms with van der Waals surface area (Å²) in [5.74, 6) is 1.40. The molecular weight excluding hydrogens is 336 g/mol. The van der Waals surface area contributed by atoms with Crippen LogP contribution < -0.4 is 9.64 Å². The first-order chi connectivity index (χ1) is 10.8. The zero-order valence-electron chi connectivity index (χ0n) is 12.8. The summed E-state index contributed by atoms with van der Waals surface area (Å²) in [7, 11) is 1.59. The number of anilines is 1. The topological polar surface area (TPSA) is 58.6 Å². The van der Waals surface area contributed by atoms with E-state index >= 15 is 0 Å².